The highest BCUT2D eigenvalue weighted by Gasteiger charge is 2.39. The van der Waals surface area contributed by atoms with Crippen LogP contribution in [-0.2, 0) is 10.7 Å². The maximum absolute atomic E-state index is 14.9. The van der Waals surface area contributed by atoms with Crippen molar-refractivity contribution < 1.29 is 36.4 Å². The number of nitrogens with one attached hydrogen (secondary N) is 1. The number of anilines is 2. The molecule has 2 aliphatic rings. The van der Waals surface area contributed by atoms with E-state index in [0.29, 0.717) is 43.4 Å². The van der Waals surface area contributed by atoms with Crippen molar-refractivity contribution in [3.8, 4) is 0 Å². The second-order valence-electron chi connectivity index (χ2n) is 14.0. The zero-order valence-corrected chi connectivity index (χ0v) is 28.4. The predicted octanol–water partition coefficient (Wildman–Crippen LogP) is 6.65. The smallest absolute Gasteiger partial charge is 0.407 e. The van der Waals surface area contributed by atoms with Crippen LogP contribution in [0.15, 0.2) is 35.1 Å². The fourth-order valence-electron chi connectivity index (χ4n) is 6.43. The molecule has 0 spiro atoms. The molecule has 49 heavy (non-hydrogen) atoms. The van der Waals surface area contributed by atoms with E-state index in [-0.39, 0.29) is 36.4 Å². The molecule has 2 fully saturated rings. The largest absolute Gasteiger partial charge is 0.444 e. The van der Waals surface area contributed by atoms with Crippen molar-refractivity contribution >= 4 is 23.8 Å². The van der Waals surface area contributed by atoms with Gasteiger partial charge in [0.15, 0.2) is 5.78 Å². The molecule has 2 aliphatic heterocycles. The van der Waals surface area contributed by atoms with Gasteiger partial charge in [0.1, 0.15) is 17.2 Å². The van der Waals surface area contributed by atoms with Crippen molar-refractivity contribution in [3.05, 3.63) is 59.2 Å². The molecule has 11 nitrogen and oxygen atoms in total. The number of Topliss-reactive ketones (excluding diaryl/α,β-unsaturated/α-hetero) is 1. The van der Waals surface area contributed by atoms with Crippen LogP contribution in [0.5, 0.6) is 0 Å². The van der Waals surface area contributed by atoms with Crippen LogP contribution in [0.3, 0.4) is 0 Å². The van der Waals surface area contributed by atoms with Crippen LogP contribution in [0.4, 0.5) is 34.3 Å². The van der Waals surface area contributed by atoms with Crippen molar-refractivity contribution in [1.29, 1.82) is 0 Å². The summed E-state index contributed by atoms with van der Waals surface area (Å²) in [5.74, 6) is -5.23. The van der Waals surface area contributed by atoms with Crippen LogP contribution in [0.25, 0.3) is 0 Å². The summed E-state index contributed by atoms with van der Waals surface area (Å²) in [6.45, 7) is 9.49. The van der Waals surface area contributed by atoms with E-state index in [4.69, 9.17) is 9.26 Å². The Kier molecular flexibility index (Phi) is 10.8. The number of hydrogen-bond acceptors (Lipinski definition) is 10. The van der Waals surface area contributed by atoms with Crippen LogP contribution in [-0.4, -0.2) is 69.8 Å². The number of aromatic nitrogens is 4. The highest BCUT2D eigenvalue weighted by atomic mass is 19.3. The Hall–Kier alpha value is -4.30. The number of alkyl carbamates (subject to hydrolysis) is 1. The van der Waals surface area contributed by atoms with Gasteiger partial charge in [-0.15, -0.1) is 0 Å². The zero-order valence-electron chi connectivity index (χ0n) is 28.4. The number of halogens is 4. The van der Waals surface area contributed by atoms with Gasteiger partial charge < -0.3 is 24.4 Å². The Morgan fingerprint density at radius 1 is 1.06 bits per heavy atom. The lowest BCUT2D eigenvalue weighted by atomic mass is 9.85. The molecule has 266 valence electrons. The lowest BCUT2D eigenvalue weighted by Gasteiger charge is -2.31. The monoisotopic (exact) mass is 689 g/mol. The van der Waals surface area contributed by atoms with Gasteiger partial charge in [0, 0.05) is 57.3 Å². The number of rotatable bonds is 11. The maximum atomic E-state index is 14.9. The quantitative estimate of drug-likeness (QED) is 0.173. The van der Waals surface area contributed by atoms with E-state index in [1.807, 2.05) is 11.8 Å². The lowest BCUT2D eigenvalue weighted by molar-refractivity contribution is 0.00557. The Labute approximate surface area is 282 Å². The SMILES string of the molecule is CCC(CCC1CCN(c2nc(C(C)(F)F)no2)CC1)C(=O)c1cnc(N2CC(NC(=O)OC(C)(C)C)C(c3cc(F)ccc3F)C2)nc1. The van der Waals surface area contributed by atoms with Gasteiger partial charge in [-0.25, -0.2) is 23.5 Å². The lowest BCUT2D eigenvalue weighted by Crippen LogP contribution is -2.43. The van der Waals surface area contributed by atoms with E-state index in [0.717, 1.165) is 44.4 Å². The van der Waals surface area contributed by atoms with Crippen LogP contribution in [0.1, 0.15) is 94.4 Å². The number of nitrogens with zero attached hydrogens (tertiary/aromatic N) is 6. The minimum Gasteiger partial charge on any atom is -0.444 e. The molecule has 3 aromatic rings. The first-order chi connectivity index (χ1) is 23.1. The average Bonchev–Trinajstić information content (AvgIpc) is 3.70. The number of amides is 1. The van der Waals surface area contributed by atoms with E-state index in [1.54, 1.807) is 25.7 Å². The van der Waals surface area contributed by atoms with Crippen molar-refractivity contribution in [3.63, 3.8) is 0 Å². The Morgan fingerprint density at radius 2 is 1.76 bits per heavy atom. The molecule has 0 saturated carbocycles. The number of ketones is 1. The third-order valence-corrected chi connectivity index (χ3v) is 9.07. The number of carbonyl (C=O) groups excluding carboxylic acids is 2. The molecule has 15 heteroatoms. The number of hydrogen-bond donors (Lipinski definition) is 1. The van der Waals surface area contributed by atoms with Crippen LogP contribution in [0, 0.1) is 23.5 Å². The number of ether oxygens (including phenoxy) is 1. The molecule has 2 saturated heterocycles. The topological polar surface area (TPSA) is 127 Å². The van der Waals surface area contributed by atoms with Gasteiger partial charge in [-0.1, -0.05) is 12.1 Å². The van der Waals surface area contributed by atoms with E-state index < -0.39 is 47.0 Å². The van der Waals surface area contributed by atoms with Crippen LogP contribution >= 0.6 is 0 Å². The number of benzene rings is 1. The second-order valence-corrected chi connectivity index (χ2v) is 14.0. The minimum absolute atomic E-state index is 0.0593. The van der Waals surface area contributed by atoms with Crippen LogP contribution < -0.4 is 15.1 Å². The van der Waals surface area contributed by atoms with Gasteiger partial charge >= 0.3 is 18.0 Å². The van der Waals surface area contributed by atoms with Gasteiger partial charge in [0.05, 0.1) is 11.6 Å². The summed E-state index contributed by atoms with van der Waals surface area (Å²) in [5, 5.41) is 6.20. The van der Waals surface area contributed by atoms with Crippen molar-refractivity contribution in [1.82, 2.24) is 25.4 Å². The molecular weight excluding hydrogens is 646 g/mol. The first-order valence-electron chi connectivity index (χ1n) is 16.6. The highest BCUT2D eigenvalue weighted by Crippen LogP contribution is 2.33. The summed E-state index contributed by atoms with van der Waals surface area (Å²) in [4.78, 5) is 42.4. The first kappa shape index (κ1) is 36.0. The maximum Gasteiger partial charge on any atom is 0.407 e. The molecule has 2 aromatic heterocycles. The zero-order chi connectivity index (χ0) is 35.5. The van der Waals surface area contributed by atoms with Crippen molar-refractivity contribution in [2.24, 2.45) is 11.8 Å². The first-order valence-corrected chi connectivity index (χ1v) is 16.6. The number of piperidine rings is 1. The highest BCUT2D eigenvalue weighted by molar-refractivity contribution is 5.97. The molecule has 5 rings (SSSR count). The molecule has 3 unspecified atom stereocenters. The number of alkyl halides is 2. The summed E-state index contributed by atoms with van der Waals surface area (Å²) >= 11 is 0. The summed E-state index contributed by atoms with van der Waals surface area (Å²) in [6.07, 6.45) is 6.06. The Bertz CT molecular complexity index is 1600. The Balaban J connectivity index is 1.18. The fraction of sp³-hybridized carbons (Fsp3) is 0.588. The molecule has 3 atom stereocenters. The summed E-state index contributed by atoms with van der Waals surface area (Å²) in [7, 11) is 0. The van der Waals surface area contributed by atoms with Gasteiger partial charge in [0.25, 0.3) is 0 Å². The van der Waals surface area contributed by atoms with E-state index in [9.17, 15) is 27.2 Å². The van der Waals surface area contributed by atoms with E-state index >= 15 is 0 Å². The molecule has 0 radical (unpaired) electrons. The minimum atomic E-state index is -3.17. The van der Waals surface area contributed by atoms with Crippen molar-refractivity contribution in [2.45, 2.75) is 90.2 Å². The standard InChI is InChI=1S/C34H43F4N7O4/c1-6-21(8-7-20-11-13-44(14-12-20)31-42-29(43-49-31)34(5,37)38)28(46)22-16-39-30(40-17-22)45-18-25(24-15-23(35)9-10-26(24)36)27(19-45)41-32(47)48-33(2,3)4/h9-10,15-17,20-21,25,27H,6-8,11-14,18-19H2,1-5H3,(H,41,47). The van der Waals surface area contributed by atoms with Crippen LogP contribution in [0.2, 0.25) is 0 Å². The van der Waals surface area contributed by atoms with E-state index in [1.165, 1.54) is 12.4 Å². The summed E-state index contributed by atoms with van der Waals surface area (Å²) < 4.78 is 66.4. The van der Waals surface area contributed by atoms with Gasteiger partial charge in [-0.3, -0.25) is 4.79 Å². The number of carbonyl (C=O) groups is 2. The van der Waals surface area contributed by atoms with Gasteiger partial charge in [0.2, 0.25) is 11.8 Å². The van der Waals surface area contributed by atoms with Crippen molar-refractivity contribution in [2.75, 3.05) is 36.0 Å². The molecule has 4 heterocycles. The molecule has 0 bridgehead atoms. The average molecular weight is 690 g/mol. The van der Waals surface area contributed by atoms with Gasteiger partial charge in [-0.2, -0.15) is 13.8 Å². The summed E-state index contributed by atoms with van der Waals surface area (Å²) in [5.41, 5.74) is -0.251. The fourth-order valence-corrected chi connectivity index (χ4v) is 6.43. The molecular formula is C34H43F4N7O4. The predicted molar refractivity (Wildman–Crippen MR) is 173 cm³/mol. The third kappa shape index (κ3) is 9.04. The third-order valence-electron chi connectivity index (χ3n) is 9.07. The molecule has 1 amide bonds. The normalized spacial score (nSPS) is 19.6. The van der Waals surface area contributed by atoms with E-state index in [2.05, 4.69) is 25.4 Å². The van der Waals surface area contributed by atoms with Gasteiger partial charge in [-0.05, 0) is 82.6 Å². The molecule has 1 N–H and O–H groups in total. The second kappa shape index (κ2) is 14.7. The molecule has 1 aromatic carbocycles. The molecule has 0 aliphatic carbocycles. The Morgan fingerprint density at radius 3 is 2.37 bits per heavy atom. The summed E-state index contributed by atoms with van der Waals surface area (Å²) in [6, 6.07) is 2.70.